The van der Waals surface area contributed by atoms with Crippen molar-refractivity contribution in [2.45, 2.75) is 19.9 Å². The molecular formula is C9H11N3O4. The van der Waals surface area contributed by atoms with E-state index in [2.05, 4.69) is 0 Å². The molecule has 1 aromatic rings. The summed E-state index contributed by atoms with van der Waals surface area (Å²) in [4.78, 5) is 20.9. The molecule has 0 spiro atoms. The molecule has 0 saturated heterocycles. The van der Waals surface area contributed by atoms with E-state index < -0.39 is 16.0 Å². The van der Waals surface area contributed by atoms with E-state index in [0.29, 0.717) is 0 Å². The van der Waals surface area contributed by atoms with Crippen LogP contribution in [0.3, 0.4) is 0 Å². The highest BCUT2D eigenvalue weighted by Crippen LogP contribution is 2.28. The number of rotatable bonds is 4. The minimum Gasteiger partial charge on any atom is -0.258 e. The highest BCUT2D eigenvalue weighted by molar-refractivity contribution is 5.61. The smallest absolute Gasteiger partial charge is 0.258 e. The first kappa shape index (κ1) is 11.9. The molecule has 0 saturated carbocycles. The van der Waals surface area contributed by atoms with Crippen molar-refractivity contribution in [1.82, 2.24) is 0 Å². The minimum absolute atomic E-state index is 0.00694. The first-order valence-electron chi connectivity index (χ1n) is 4.62. The molecule has 86 valence electrons. The topological polar surface area (TPSA) is 89.5 Å². The molecule has 1 aromatic carbocycles. The van der Waals surface area contributed by atoms with Crippen LogP contribution in [0.1, 0.15) is 13.8 Å². The third kappa shape index (κ3) is 2.25. The maximum absolute atomic E-state index is 10.8. The van der Waals surface area contributed by atoms with Gasteiger partial charge in [0.2, 0.25) is 0 Å². The number of hydrazine groups is 1. The second kappa shape index (κ2) is 4.56. The molecule has 0 N–H and O–H groups in total. The molecule has 0 bridgehead atoms. The predicted octanol–water partition coefficient (Wildman–Crippen LogP) is 2.00. The molecule has 7 heteroatoms. The number of nitro groups is 2. The molecule has 0 heterocycles. The summed E-state index contributed by atoms with van der Waals surface area (Å²) in [5.74, 6) is 0. The predicted molar refractivity (Wildman–Crippen MR) is 57.7 cm³/mol. The average Bonchev–Trinajstić information content (AvgIpc) is 2.17. The molecule has 0 aliphatic carbocycles. The van der Waals surface area contributed by atoms with Crippen molar-refractivity contribution in [2.75, 3.05) is 5.01 Å². The SMILES string of the molecule is CC(C)N(c1ccccc1[N+](=O)[O-])[N+](=O)[O-]. The van der Waals surface area contributed by atoms with Gasteiger partial charge in [-0.2, -0.15) is 0 Å². The molecule has 0 aliphatic rings. The molecule has 0 atom stereocenters. The average molecular weight is 225 g/mol. The second-order valence-electron chi connectivity index (χ2n) is 3.42. The van der Waals surface area contributed by atoms with Gasteiger partial charge in [-0.3, -0.25) is 10.1 Å². The number of hydrogen-bond donors (Lipinski definition) is 0. The Balaban J connectivity index is 3.29. The van der Waals surface area contributed by atoms with Gasteiger partial charge in [0.15, 0.2) is 10.7 Å². The Hall–Kier alpha value is -2.18. The Morgan fingerprint density at radius 3 is 2.19 bits per heavy atom. The molecule has 1 rings (SSSR count). The lowest BCUT2D eigenvalue weighted by molar-refractivity contribution is -0.500. The highest BCUT2D eigenvalue weighted by Gasteiger charge is 2.28. The molecule has 16 heavy (non-hydrogen) atoms. The van der Waals surface area contributed by atoms with Gasteiger partial charge in [0.25, 0.3) is 5.69 Å². The van der Waals surface area contributed by atoms with E-state index in [9.17, 15) is 20.2 Å². The fraction of sp³-hybridized carbons (Fsp3) is 0.333. The fourth-order valence-corrected chi connectivity index (χ4v) is 1.37. The normalized spacial score (nSPS) is 10.2. The molecule has 0 amide bonds. The van der Waals surface area contributed by atoms with E-state index in [1.807, 2.05) is 0 Å². The van der Waals surface area contributed by atoms with Gasteiger partial charge in [0, 0.05) is 6.07 Å². The maximum atomic E-state index is 10.8. The number of benzene rings is 1. The van der Waals surface area contributed by atoms with Gasteiger partial charge in [-0.05, 0) is 19.9 Å². The van der Waals surface area contributed by atoms with Crippen molar-refractivity contribution in [2.24, 2.45) is 0 Å². The van der Waals surface area contributed by atoms with Crippen molar-refractivity contribution >= 4 is 11.4 Å². The standard InChI is InChI=1S/C9H11N3O4/c1-7(2)10(12(15)16)8-5-3-4-6-9(8)11(13)14/h3-7H,1-2H3. The van der Waals surface area contributed by atoms with Crippen LogP contribution in [0.4, 0.5) is 11.4 Å². The van der Waals surface area contributed by atoms with Crippen LogP contribution in [0, 0.1) is 20.2 Å². The maximum Gasteiger partial charge on any atom is 0.298 e. The minimum atomic E-state index is -0.646. The molecule has 7 nitrogen and oxygen atoms in total. The fourth-order valence-electron chi connectivity index (χ4n) is 1.37. The Kier molecular flexibility index (Phi) is 3.39. The van der Waals surface area contributed by atoms with Crippen LogP contribution in [-0.2, 0) is 0 Å². The Labute approximate surface area is 91.6 Å². The summed E-state index contributed by atoms with van der Waals surface area (Å²) in [7, 11) is 0. The summed E-state index contributed by atoms with van der Waals surface area (Å²) in [6.07, 6.45) is 0. The van der Waals surface area contributed by atoms with Gasteiger partial charge in [-0.25, -0.2) is 10.1 Å². The summed E-state index contributed by atoms with van der Waals surface area (Å²) in [6, 6.07) is 5.15. The van der Waals surface area contributed by atoms with Crippen molar-refractivity contribution in [1.29, 1.82) is 0 Å². The number of hydrogen-bond acceptors (Lipinski definition) is 4. The van der Waals surface area contributed by atoms with E-state index in [-0.39, 0.29) is 11.4 Å². The van der Waals surface area contributed by atoms with Crippen molar-refractivity contribution in [3.8, 4) is 0 Å². The lowest BCUT2D eigenvalue weighted by Gasteiger charge is -2.17. The third-order valence-electron chi connectivity index (χ3n) is 1.99. The number of anilines is 1. The van der Waals surface area contributed by atoms with Crippen LogP contribution in [0.25, 0.3) is 0 Å². The van der Waals surface area contributed by atoms with Gasteiger partial charge in [0.1, 0.15) is 0 Å². The molecule has 0 aliphatic heterocycles. The van der Waals surface area contributed by atoms with E-state index in [0.717, 1.165) is 5.01 Å². The van der Waals surface area contributed by atoms with Crippen LogP contribution in [0.2, 0.25) is 0 Å². The quantitative estimate of drug-likeness (QED) is 0.577. The third-order valence-corrected chi connectivity index (χ3v) is 1.99. The van der Waals surface area contributed by atoms with Gasteiger partial charge < -0.3 is 0 Å². The number of para-hydroxylation sites is 2. The van der Waals surface area contributed by atoms with E-state index in [1.54, 1.807) is 13.8 Å². The largest absolute Gasteiger partial charge is 0.298 e. The summed E-state index contributed by atoms with van der Waals surface area (Å²) in [6.45, 7) is 3.19. The van der Waals surface area contributed by atoms with Crippen LogP contribution in [0.15, 0.2) is 24.3 Å². The van der Waals surface area contributed by atoms with Crippen LogP contribution < -0.4 is 5.01 Å². The lowest BCUT2D eigenvalue weighted by Crippen LogP contribution is -2.36. The highest BCUT2D eigenvalue weighted by atomic mass is 16.7. The second-order valence-corrected chi connectivity index (χ2v) is 3.42. The van der Waals surface area contributed by atoms with E-state index in [1.165, 1.54) is 24.3 Å². The van der Waals surface area contributed by atoms with Crippen LogP contribution in [-0.4, -0.2) is 16.0 Å². The van der Waals surface area contributed by atoms with Crippen molar-refractivity contribution < 1.29 is 9.96 Å². The Morgan fingerprint density at radius 2 is 1.75 bits per heavy atom. The lowest BCUT2D eigenvalue weighted by atomic mass is 10.2. The van der Waals surface area contributed by atoms with Gasteiger partial charge >= 0.3 is 0 Å². The molecule has 0 radical (unpaired) electrons. The molecule has 0 aromatic heterocycles. The Bertz CT molecular complexity index is 419. The first-order valence-corrected chi connectivity index (χ1v) is 4.62. The van der Waals surface area contributed by atoms with Gasteiger partial charge in [0.05, 0.1) is 11.0 Å². The summed E-state index contributed by atoms with van der Waals surface area (Å²) >= 11 is 0. The Morgan fingerprint density at radius 1 is 1.19 bits per heavy atom. The summed E-state index contributed by atoms with van der Waals surface area (Å²) in [5, 5.41) is 21.7. The molecular weight excluding hydrogens is 214 g/mol. The van der Waals surface area contributed by atoms with Crippen molar-refractivity contribution in [3.05, 3.63) is 44.5 Å². The van der Waals surface area contributed by atoms with E-state index >= 15 is 0 Å². The van der Waals surface area contributed by atoms with Crippen LogP contribution >= 0.6 is 0 Å². The van der Waals surface area contributed by atoms with E-state index in [4.69, 9.17) is 0 Å². The zero-order valence-electron chi connectivity index (χ0n) is 8.86. The molecule has 0 fully saturated rings. The monoisotopic (exact) mass is 225 g/mol. The van der Waals surface area contributed by atoms with Crippen molar-refractivity contribution in [3.63, 3.8) is 0 Å². The first-order chi connectivity index (χ1) is 7.45. The summed E-state index contributed by atoms with van der Waals surface area (Å²) < 4.78 is 0. The summed E-state index contributed by atoms with van der Waals surface area (Å²) in [5.41, 5.74) is -0.277. The number of nitrogens with zero attached hydrogens (tertiary/aromatic N) is 3. The zero-order chi connectivity index (χ0) is 12.3. The number of nitro benzene ring substituents is 1. The zero-order valence-corrected chi connectivity index (χ0v) is 8.86. The molecule has 0 unspecified atom stereocenters. The van der Waals surface area contributed by atoms with Crippen LogP contribution in [0.5, 0.6) is 0 Å². The van der Waals surface area contributed by atoms with Gasteiger partial charge in [-0.15, -0.1) is 0 Å². The van der Waals surface area contributed by atoms with Gasteiger partial charge in [-0.1, -0.05) is 17.1 Å².